The summed E-state index contributed by atoms with van der Waals surface area (Å²) in [5, 5.41) is 3.24. The molecule has 3 N–H and O–H groups in total. The highest BCUT2D eigenvalue weighted by atomic mass is 32.2. The fourth-order valence-electron chi connectivity index (χ4n) is 3.24. The van der Waals surface area contributed by atoms with Gasteiger partial charge in [0.05, 0.1) is 17.0 Å². The largest absolute Gasteiger partial charge is 0.368 e. The van der Waals surface area contributed by atoms with Gasteiger partial charge in [-0.15, -0.1) is 0 Å². The average molecular weight is 319 g/mol. The fraction of sp³-hybridized carbons (Fsp3) is 0.929. The van der Waals surface area contributed by atoms with Gasteiger partial charge in [0, 0.05) is 24.7 Å². The zero-order chi connectivity index (χ0) is 16.4. The molecule has 0 radical (unpaired) electrons. The van der Waals surface area contributed by atoms with Gasteiger partial charge in [-0.3, -0.25) is 9.69 Å². The molecule has 1 aliphatic heterocycles. The summed E-state index contributed by atoms with van der Waals surface area (Å²) in [4.78, 5) is 14.0. The molecule has 3 atom stereocenters. The molecule has 0 saturated carbocycles. The highest BCUT2D eigenvalue weighted by Gasteiger charge is 2.38. The molecule has 3 unspecified atom stereocenters. The second kappa shape index (κ2) is 6.62. The van der Waals surface area contributed by atoms with Crippen molar-refractivity contribution in [3.8, 4) is 0 Å². The molecule has 0 bridgehead atoms. The molecule has 1 amide bonds. The molecule has 0 aliphatic carbocycles. The third kappa shape index (κ3) is 4.93. The van der Waals surface area contributed by atoms with Crippen molar-refractivity contribution in [2.75, 3.05) is 18.1 Å². The number of hydrogen-bond donors (Lipinski definition) is 2. The Hall–Kier alpha value is -0.660. The van der Waals surface area contributed by atoms with Crippen LogP contribution >= 0.6 is 0 Å². The van der Waals surface area contributed by atoms with E-state index in [0.717, 1.165) is 0 Å². The van der Waals surface area contributed by atoms with Crippen LogP contribution in [0.3, 0.4) is 0 Å². The van der Waals surface area contributed by atoms with Crippen molar-refractivity contribution >= 4 is 15.7 Å². The van der Waals surface area contributed by atoms with Crippen molar-refractivity contribution in [3.05, 3.63) is 0 Å². The van der Waals surface area contributed by atoms with Crippen LogP contribution in [0.5, 0.6) is 0 Å². The van der Waals surface area contributed by atoms with Crippen LogP contribution in [0.4, 0.5) is 0 Å². The minimum Gasteiger partial charge on any atom is -0.368 e. The van der Waals surface area contributed by atoms with Crippen LogP contribution in [-0.2, 0) is 14.6 Å². The predicted octanol–water partition coefficient (Wildman–Crippen LogP) is 0.126. The molecule has 7 heteroatoms. The highest BCUT2D eigenvalue weighted by molar-refractivity contribution is 7.91. The summed E-state index contributed by atoms with van der Waals surface area (Å²) in [6.45, 7) is 10.2. The van der Waals surface area contributed by atoms with Crippen LogP contribution in [-0.4, -0.2) is 60.9 Å². The Balaban J connectivity index is 2.79. The number of sulfone groups is 1. The summed E-state index contributed by atoms with van der Waals surface area (Å²) in [5.74, 6) is -0.00484. The first-order chi connectivity index (χ1) is 9.47. The molecule has 0 spiro atoms. The molecule has 21 heavy (non-hydrogen) atoms. The van der Waals surface area contributed by atoms with Gasteiger partial charge in [0.15, 0.2) is 9.84 Å². The van der Waals surface area contributed by atoms with Crippen LogP contribution in [0.2, 0.25) is 0 Å². The summed E-state index contributed by atoms with van der Waals surface area (Å²) in [6, 6.07) is 0.197. The molecule has 1 aliphatic rings. The molecule has 0 aromatic heterocycles. The number of rotatable bonds is 6. The van der Waals surface area contributed by atoms with E-state index in [2.05, 4.69) is 10.2 Å². The number of amides is 1. The summed E-state index contributed by atoms with van der Waals surface area (Å²) in [5.41, 5.74) is 4.77. The van der Waals surface area contributed by atoms with E-state index in [1.54, 1.807) is 0 Å². The minimum absolute atomic E-state index is 0.0325. The van der Waals surface area contributed by atoms with E-state index in [1.165, 1.54) is 0 Å². The molecule has 1 fully saturated rings. The van der Waals surface area contributed by atoms with E-state index in [0.29, 0.717) is 13.0 Å². The Morgan fingerprint density at radius 3 is 2.43 bits per heavy atom. The Kier molecular flexibility index (Phi) is 5.80. The van der Waals surface area contributed by atoms with Gasteiger partial charge in [-0.25, -0.2) is 8.42 Å². The van der Waals surface area contributed by atoms with Crippen molar-refractivity contribution in [2.45, 2.75) is 64.7 Å². The van der Waals surface area contributed by atoms with E-state index >= 15 is 0 Å². The van der Waals surface area contributed by atoms with Gasteiger partial charge in [0.1, 0.15) is 0 Å². The van der Waals surface area contributed by atoms with Gasteiger partial charge < -0.3 is 11.1 Å². The maximum Gasteiger partial charge on any atom is 0.237 e. The molecule has 1 heterocycles. The van der Waals surface area contributed by atoms with Crippen LogP contribution in [0.1, 0.15) is 41.0 Å². The zero-order valence-electron chi connectivity index (χ0n) is 13.7. The summed E-state index contributed by atoms with van der Waals surface area (Å²) in [7, 11) is -2.93. The van der Waals surface area contributed by atoms with Crippen molar-refractivity contribution in [1.29, 1.82) is 0 Å². The smallest absolute Gasteiger partial charge is 0.237 e. The van der Waals surface area contributed by atoms with Crippen molar-refractivity contribution < 1.29 is 13.2 Å². The first-order valence-corrected chi connectivity index (χ1v) is 9.33. The van der Waals surface area contributed by atoms with Crippen molar-refractivity contribution in [2.24, 2.45) is 5.73 Å². The van der Waals surface area contributed by atoms with Gasteiger partial charge in [0.2, 0.25) is 5.91 Å². The minimum atomic E-state index is -2.93. The highest BCUT2D eigenvalue weighted by Crippen LogP contribution is 2.22. The molecule has 6 nitrogen and oxygen atoms in total. The van der Waals surface area contributed by atoms with Crippen LogP contribution in [0, 0.1) is 0 Å². The summed E-state index contributed by atoms with van der Waals surface area (Å²) < 4.78 is 23.3. The predicted molar refractivity (Wildman–Crippen MR) is 84.8 cm³/mol. The summed E-state index contributed by atoms with van der Waals surface area (Å²) in [6.07, 6.45) is 0.560. The second-order valence-electron chi connectivity index (χ2n) is 6.75. The van der Waals surface area contributed by atoms with E-state index in [4.69, 9.17) is 5.73 Å². The lowest BCUT2D eigenvalue weighted by molar-refractivity contribution is -0.125. The zero-order valence-corrected chi connectivity index (χ0v) is 14.5. The number of hydrogen-bond acceptors (Lipinski definition) is 5. The first kappa shape index (κ1) is 18.4. The van der Waals surface area contributed by atoms with E-state index in [9.17, 15) is 13.2 Å². The standard InChI is InChI=1S/C14H29N3O3S/c1-10(2)16-14(5,13(15)18)8-11(3)17-6-7-21(19,20)9-12(17)4/h10-12,16H,6-9H2,1-5H3,(H2,15,18). The Morgan fingerprint density at radius 2 is 2.00 bits per heavy atom. The SMILES string of the molecule is CC(C)NC(C)(CC(C)N1CCS(=O)(=O)CC1C)C(N)=O. The molecule has 0 aromatic rings. The molecular formula is C14H29N3O3S. The van der Waals surface area contributed by atoms with E-state index < -0.39 is 15.4 Å². The second-order valence-corrected chi connectivity index (χ2v) is 8.98. The molecule has 1 saturated heterocycles. The third-order valence-corrected chi connectivity index (χ3v) is 5.94. The van der Waals surface area contributed by atoms with E-state index in [-0.39, 0.29) is 35.5 Å². The van der Waals surface area contributed by atoms with Crippen molar-refractivity contribution in [3.63, 3.8) is 0 Å². The maximum absolute atomic E-state index is 11.8. The van der Waals surface area contributed by atoms with Crippen molar-refractivity contribution in [1.82, 2.24) is 10.2 Å². The molecule has 1 rings (SSSR count). The quantitative estimate of drug-likeness (QED) is 0.726. The number of nitrogens with zero attached hydrogens (tertiary/aromatic N) is 1. The molecule has 124 valence electrons. The third-order valence-electron chi connectivity index (χ3n) is 4.14. The number of nitrogens with two attached hydrogens (primary N) is 1. The number of primary amides is 1. The Bertz CT molecular complexity index is 478. The van der Waals surface area contributed by atoms with Gasteiger partial charge in [0.25, 0.3) is 0 Å². The number of nitrogens with one attached hydrogen (secondary N) is 1. The fourth-order valence-corrected chi connectivity index (χ4v) is 4.82. The monoisotopic (exact) mass is 319 g/mol. The first-order valence-electron chi connectivity index (χ1n) is 7.50. The van der Waals surface area contributed by atoms with Gasteiger partial charge in [-0.05, 0) is 41.0 Å². The molecular weight excluding hydrogens is 290 g/mol. The van der Waals surface area contributed by atoms with E-state index in [1.807, 2.05) is 34.6 Å². The Labute approximate surface area is 128 Å². The normalized spacial score (nSPS) is 27.2. The topological polar surface area (TPSA) is 92.5 Å². The maximum atomic E-state index is 11.8. The lowest BCUT2D eigenvalue weighted by atomic mass is 9.90. The lowest BCUT2D eigenvalue weighted by Crippen LogP contribution is -2.60. The number of carbonyl (C=O) groups is 1. The van der Waals surface area contributed by atoms with Crippen LogP contribution in [0.15, 0.2) is 0 Å². The lowest BCUT2D eigenvalue weighted by Gasteiger charge is -2.41. The average Bonchev–Trinajstić information content (AvgIpc) is 2.25. The van der Waals surface area contributed by atoms with Gasteiger partial charge in [-0.1, -0.05) is 0 Å². The van der Waals surface area contributed by atoms with Gasteiger partial charge >= 0.3 is 0 Å². The van der Waals surface area contributed by atoms with Gasteiger partial charge in [-0.2, -0.15) is 0 Å². The van der Waals surface area contributed by atoms with Crippen LogP contribution in [0.25, 0.3) is 0 Å². The Morgan fingerprint density at radius 1 is 1.43 bits per heavy atom. The molecule has 0 aromatic carbocycles. The van der Waals surface area contributed by atoms with Crippen LogP contribution < -0.4 is 11.1 Å². The summed E-state index contributed by atoms with van der Waals surface area (Å²) >= 11 is 0. The number of carbonyl (C=O) groups excluding carboxylic acids is 1.